The summed E-state index contributed by atoms with van der Waals surface area (Å²) in [5.41, 5.74) is 11.2. The number of amidine groups is 1. The summed E-state index contributed by atoms with van der Waals surface area (Å²) >= 11 is 0. The number of benzene rings is 4. The molecule has 0 atom stereocenters. The molecule has 0 aliphatic heterocycles. The van der Waals surface area contributed by atoms with Crippen LogP contribution in [-0.4, -0.2) is 16.4 Å². The van der Waals surface area contributed by atoms with Crippen LogP contribution in [0.4, 0.5) is 0 Å². The summed E-state index contributed by atoms with van der Waals surface area (Å²) in [5.74, 6) is 0.412. The van der Waals surface area contributed by atoms with E-state index in [0.717, 1.165) is 38.5 Å². The van der Waals surface area contributed by atoms with Gasteiger partial charge in [-0.1, -0.05) is 84.9 Å². The Kier molecular flexibility index (Phi) is 4.37. The highest BCUT2D eigenvalue weighted by atomic mass is 15.2. The van der Waals surface area contributed by atoms with Gasteiger partial charge in [0.2, 0.25) is 5.96 Å². The average Bonchev–Trinajstić information content (AvgIpc) is 3.14. The number of nitrogens with two attached hydrogens (primary N) is 1. The van der Waals surface area contributed by atoms with Crippen molar-refractivity contribution in [1.82, 2.24) is 4.57 Å². The molecular formula is C26H20N4. The molecule has 0 radical (unpaired) electrons. The summed E-state index contributed by atoms with van der Waals surface area (Å²) in [6.07, 6.45) is 0. The molecule has 0 aliphatic rings. The molecule has 0 unspecified atom stereocenters. The van der Waals surface area contributed by atoms with Crippen LogP contribution in [0.15, 0.2) is 108 Å². The molecule has 30 heavy (non-hydrogen) atoms. The fourth-order valence-corrected chi connectivity index (χ4v) is 3.87. The highest BCUT2D eigenvalue weighted by molar-refractivity contribution is 6.15. The number of hydrogen-bond donors (Lipinski definition) is 2. The van der Waals surface area contributed by atoms with E-state index in [9.17, 15) is 0 Å². The predicted molar refractivity (Wildman–Crippen MR) is 125 cm³/mol. The first kappa shape index (κ1) is 17.9. The monoisotopic (exact) mass is 388 g/mol. The van der Waals surface area contributed by atoms with Gasteiger partial charge < -0.3 is 5.73 Å². The van der Waals surface area contributed by atoms with E-state index in [-0.39, 0.29) is 5.96 Å². The maximum Gasteiger partial charge on any atom is 0.229 e. The number of rotatable bonds is 2. The van der Waals surface area contributed by atoms with Crippen molar-refractivity contribution in [1.29, 1.82) is 5.41 Å². The van der Waals surface area contributed by atoms with Crippen molar-refractivity contribution < 1.29 is 0 Å². The maximum absolute atomic E-state index is 8.70. The Balaban J connectivity index is 1.58. The molecule has 3 N–H and O–H groups in total. The van der Waals surface area contributed by atoms with Gasteiger partial charge in [0.25, 0.3) is 0 Å². The van der Waals surface area contributed by atoms with Gasteiger partial charge in [0.15, 0.2) is 0 Å². The quantitative estimate of drug-likeness (QED) is 0.298. The zero-order chi connectivity index (χ0) is 20.5. The number of fused-ring (bicyclic) bond motifs is 3. The fraction of sp³-hybridized carbons (Fsp3) is 0. The summed E-state index contributed by atoms with van der Waals surface area (Å²) in [6, 6.07) is 34.2. The Morgan fingerprint density at radius 2 is 1.23 bits per heavy atom. The van der Waals surface area contributed by atoms with E-state index in [1.807, 2.05) is 83.4 Å². The highest BCUT2D eigenvalue weighted by Gasteiger charge is 2.13. The molecule has 0 saturated carbocycles. The Labute approximate surface area is 174 Å². The molecule has 5 aromatic rings. The molecule has 4 heteroatoms. The molecule has 5 rings (SSSR count). The molecule has 0 saturated heterocycles. The second kappa shape index (κ2) is 7.33. The van der Waals surface area contributed by atoms with E-state index in [2.05, 4.69) is 29.3 Å². The number of aliphatic imine (C=N–C) groups is 1. The second-order valence-corrected chi connectivity index (χ2v) is 7.14. The third kappa shape index (κ3) is 3.05. The van der Waals surface area contributed by atoms with Gasteiger partial charge >= 0.3 is 0 Å². The molecule has 0 bridgehead atoms. The Bertz CT molecular complexity index is 1360. The number of nitrogens with one attached hydrogen (secondary N) is 1. The largest absolute Gasteiger partial charge is 0.383 e. The number of hydrogen-bond acceptors (Lipinski definition) is 1. The summed E-state index contributed by atoms with van der Waals surface area (Å²) in [5, 5.41) is 10.9. The van der Waals surface area contributed by atoms with Crippen molar-refractivity contribution in [2.75, 3.05) is 0 Å². The van der Waals surface area contributed by atoms with E-state index < -0.39 is 0 Å². The second-order valence-electron chi connectivity index (χ2n) is 7.14. The normalized spacial score (nSPS) is 11.8. The first-order chi connectivity index (χ1) is 14.7. The van der Waals surface area contributed by atoms with Gasteiger partial charge in [-0.25, -0.2) is 0 Å². The smallest absolute Gasteiger partial charge is 0.229 e. The van der Waals surface area contributed by atoms with Crippen LogP contribution in [-0.2, 0) is 0 Å². The van der Waals surface area contributed by atoms with Crippen LogP contribution in [0.25, 0.3) is 32.9 Å². The van der Waals surface area contributed by atoms with Gasteiger partial charge in [0.05, 0.1) is 11.0 Å². The minimum atomic E-state index is 0.0926. The third-order valence-corrected chi connectivity index (χ3v) is 5.28. The van der Waals surface area contributed by atoms with Gasteiger partial charge in [0, 0.05) is 16.3 Å². The topological polar surface area (TPSA) is 67.2 Å². The first-order valence-corrected chi connectivity index (χ1v) is 9.79. The van der Waals surface area contributed by atoms with E-state index >= 15 is 0 Å². The van der Waals surface area contributed by atoms with Crippen LogP contribution in [0, 0.1) is 5.41 Å². The third-order valence-electron chi connectivity index (χ3n) is 5.28. The molecule has 1 aromatic heterocycles. The van der Waals surface area contributed by atoms with Crippen molar-refractivity contribution in [3.8, 4) is 11.1 Å². The number of para-hydroxylation sites is 2. The molecule has 0 fully saturated rings. The summed E-state index contributed by atoms with van der Waals surface area (Å²) in [7, 11) is 0. The molecule has 144 valence electrons. The lowest BCUT2D eigenvalue weighted by atomic mass is 10.0. The highest BCUT2D eigenvalue weighted by Crippen LogP contribution is 2.28. The standard InChI is InChI=1S/C26H20N4/c27-25(20-12-8-11-19(17-20)18-9-2-1-3-10-18)29-26(28)30-23-15-6-4-13-21(23)22-14-5-7-16-24(22)30/h1-17H,(H3,27,28,29). The van der Waals surface area contributed by atoms with Gasteiger partial charge in [-0.2, -0.15) is 4.99 Å². The fourth-order valence-electron chi connectivity index (χ4n) is 3.87. The number of aromatic nitrogens is 1. The average molecular weight is 388 g/mol. The predicted octanol–water partition coefficient (Wildman–Crippen LogP) is 5.65. The van der Waals surface area contributed by atoms with Crippen LogP contribution >= 0.6 is 0 Å². The van der Waals surface area contributed by atoms with E-state index in [0.29, 0.717) is 5.84 Å². The maximum atomic E-state index is 8.70. The van der Waals surface area contributed by atoms with E-state index in [1.54, 1.807) is 0 Å². The van der Waals surface area contributed by atoms with E-state index in [4.69, 9.17) is 11.1 Å². The van der Waals surface area contributed by atoms with Gasteiger partial charge in [0.1, 0.15) is 5.84 Å². The lowest BCUT2D eigenvalue weighted by Gasteiger charge is -2.08. The SMILES string of the molecule is N=C(N=C(N)c1cccc(-c2ccccc2)c1)n1c2ccccc2c2ccccc21. The minimum Gasteiger partial charge on any atom is -0.383 e. The number of nitrogens with zero attached hydrogens (tertiary/aromatic N) is 2. The van der Waals surface area contributed by atoms with Crippen LogP contribution in [0.3, 0.4) is 0 Å². The Hall–Kier alpha value is -4.18. The van der Waals surface area contributed by atoms with Crippen molar-refractivity contribution in [3.63, 3.8) is 0 Å². The first-order valence-electron chi connectivity index (χ1n) is 9.79. The van der Waals surface area contributed by atoms with Crippen LogP contribution < -0.4 is 5.73 Å². The summed E-state index contributed by atoms with van der Waals surface area (Å²) in [4.78, 5) is 4.47. The van der Waals surface area contributed by atoms with Crippen molar-refractivity contribution in [3.05, 3.63) is 109 Å². The zero-order valence-electron chi connectivity index (χ0n) is 16.3. The summed E-state index contributed by atoms with van der Waals surface area (Å²) in [6.45, 7) is 0. The zero-order valence-corrected chi connectivity index (χ0v) is 16.3. The molecule has 0 aliphatic carbocycles. The minimum absolute atomic E-state index is 0.0926. The van der Waals surface area contributed by atoms with Crippen molar-refractivity contribution in [2.24, 2.45) is 10.7 Å². The molecular weight excluding hydrogens is 368 g/mol. The molecule has 1 heterocycles. The molecule has 4 aromatic carbocycles. The lowest BCUT2D eigenvalue weighted by molar-refractivity contribution is 1.18. The Morgan fingerprint density at radius 3 is 1.90 bits per heavy atom. The summed E-state index contributed by atoms with van der Waals surface area (Å²) < 4.78 is 1.85. The van der Waals surface area contributed by atoms with Crippen LogP contribution in [0.1, 0.15) is 5.56 Å². The van der Waals surface area contributed by atoms with Gasteiger partial charge in [-0.05, 0) is 29.3 Å². The Morgan fingerprint density at radius 1 is 0.667 bits per heavy atom. The van der Waals surface area contributed by atoms with Crippen LogP contribution in [0.2, 0.25) is 0 Å². The lowest BCUT2D eigenvalue weighted by Crippen LogP contribution is -2.18. The van der Waals surface area contributed by atoms with Gasteiger partial charge in [-0.15, -0.1) is 0 Å². The van der Waals surface area contributed by atoms with Crippen LogP contribution in [0.5, 0.6) is 0 Å². The molecule has 4 nitrogen and oxygen atoms in total. The van der Waals surface area contributed by atoms with Gasteiger partial charge in [-0.3, -0.25) is 9.98 Å². The molecule has 0 amide bonds. The van der Waals surface area contributed by atoms with Crippen molar-refractivity contribution >= 4 is 33.6 Å². The molecule has 0 spiro atoms. The van der Waals surface area contributed by atoms with E-state index in [1.165, 1.54) is 0 Å². The van der Waals surface area contributed by atoms with Crippen molar-refractivity contribution in [2.45, 2.75) is 0 Å².